The van der Waals surface area contributed by atoms with Crippen LogP contribution in [0.3, 0.4) is 0 Å². The monoisotopic (exact) mass is 371 g/mol. The van der Waals surface area contributed by atoms with Gasteiger partial charge in [0.05, 0.1) is 0 Å². The Morgan fingerprint density at radius 1 is 1.17 bits per heavy atom. The molecule has 1 atom stereocenters. The van der Waals surface area contributed by atoms with Gasteiger partial charge < -0.3 is 15.0 Å². The van der Waals surface area contributed by atoms with Gasteiger partial charge in [0.2, 0.25) is 5.91 Å². The SMILES string of the molecule is O=C1COCN(C(=O)N2CCC(c3cc(Cl)cc(Cl)c3)C2)CCN1. The van der Waals surface area contributed by atoms with Crippen LogP contribution in [0.5, 0.6) is 0 Å². The molecule has 3 amide bonds. The summed E-state index contributed by atoms with van der Waals surface area (Å²) in [6.45, 7) is 2.29. The smallest absolute Gasteiger partial charge is 0.321 e. The fraction of sp³-hybridized carbons (Fsp3) is 0.500. The molecule has 2 aliphatic rings. The molecule has 0 aliphatic carbocycles. The number of nitrogens with zero attached hydrogens (tertiary/aromatic N) is 2. The van der Waals surface area contributed by atoms with E-state index >= 15 is 0 Å². The number of amides is 3. The topological polar surface area (TPSA) is 61.9 Å². The minimum absolute atomic E-state index is 0.0204. The lowest BCUT2D eigenvalue weighted by Crippen LogP contribution is -2.48. The molecule has 6 nitrogen and oxygen atoms in total. The highest BCUT2D eigenvalue weighted by Gasteiger charge is 2.31. The number of rotatable bonds is 1. The van der Waals surface area contributed by atoms with Crippen molar-refractivity contribution in [1.82, 2.24) is 15.1 Å². The van der Waals surface area contributed by atoms with E-state index in [1.165, 1.54) is 0 Å². The Morgan fingerprint density at radius 2 is 1.92 bits per heavy atom. The van der Waals surface area contributed by atoms with Crippen molar-refractivity contribution in [2.24, 2.45) is 0 Å². The summed E-state index contributed by atoms with van der Waals surface area (Å²) in [7, 11) is 0. The average Bonchev–Trinajstić information content (AvgIpc) is 2.99. The molecule has 2 saturated heterocycles. The highest BCUT2D eigenvalue weighted by atomic mass is 35.5. The Kier molecular flexibility index (Phi) is 5.48. The van der Waals surface area contributed by atoms with E-state index in [1.54, 1.807) is 11.0 Å². The number of hydrogen-bond donors (Lipinski definition) is 1. The number of nitrogens with one attached hydrogen (secondary N) is 1. The molecule has 3 rings (SSSR count). The number of carbonyl (C=O) groups is 2. The van der Waals surface area contributed by atoms with Crippen LogP contribution in [-0.4, -0.2) is 61.3 Å². The molecule has 130 valence electrons. The summed E-state index contributed by atoms with van der Waals surface area (Å²) in [6.07, 6.45) is 0.869. The number of benzene rings is 1. The van der Waals surface area contributed by atoms with Gasteiger partial charge in [-0.25, -0.2) is 4.79 Å². The largest absolute Gasteiger partial charge is 0.352 e. The maximum atomic E-state index is 12.7. The molecule has 1 aromatic carbocycles. The summed E-state index contributed by atoms with van der Waals surface area (Å²) >= 11 is 12.1. The van der Waals surface area contributed by atoms with Gasteiger partial charge in [-0.2, -0.15) is 0 Å². The molecule has 0 spiro atoms. The van der Waals surface area contributed by atoms with E-state index in [1.807, 2.05) is 17.0 Å². The zero-order chi connectivity index (χ0) is 17.1. The van der Waals surface area contributed by atoms with Gasteiger partial charge in [0.1, 0.15) is 13.3 Å². The molecule has 2 heterocycles. The highest BCUT2D eigenvalue weighted by Crippen LogP contribution is 2.31. The van der Waals surface area contributed by atoms with Crippen molar-refractivity contribution in [2.45, 2.75) is 12.3 Å². The van der Waals surface area contributed by atoms with Crippen molar-refractivity contribution in [3.05, 3.63) is 33.8 Å². The lowest BCUT2D eigenvalue weighted by atomic mass is 9.99. The first-order valence-corrected chi connectivity index (χ1v) is 8.63. The zero-order valence-electron chi connectivity index (χ0n) is 13.1. The van der Waals surface area contributed by atoms with Crippen LogP contribution in [0.1, 0.15) is 17.9 Å². The van der Waals surface area contributed by atoms with Crippen molar-refractivity contribution < 1.29 is 14.3 Å². The number of likely N-dealkylation sites (tertiary alicyclic amines) is 1. The summed E-state index contributed by atoms with van der Waals surface area (Å²) in [6, 6.07) is 5.44. The van der Waals surface area contributed by atoms with Gasteiger partial charge >= 0.3 is 6.03 Å². The van der Waals surface area contributed by atoms with E-state index in [0.717, 1.165) is 12.0 Å². The molecule has 1 N–H and O–H groups in total. The number of urea groups is 1. The Balaban J connectivity index is 1.62. The first-order chi connectivity index (χ1) is 11.5. The van der Waals surface area contributed by atoms with Gasteiger partial charge in [-0.15, -0.1) is 0 Å². The molecule has 2 aliphatic heterocycles. The van der Waals surface area contributed by atoms with Gasteiger partial charge in [0.15, 0.2) is 0 Å². The Hall–Kier alpha value is -1.50. The van der Waals surface area contributed by atoms with Crippen molar-refractivity contribution >= 4 is 35.1 Å². The van der Waals surface area contributed by atoms with E-state index in [4.69, 9.17) is 27.9 Å². The Bertz CT molecular complexity index is 609. The first-order valence-electron chi connectivity index (χ1n) is 7.87. The lowest BCUT2D eigenvalue weighted by Gasteiger charge is -2.29. The van der Waals surface area contributed by atoms with Crippen LogP contribution in [0.2, 0.25) is 10.0 Å². The van der Waals surface area contributed by atoms with Crippen LogP contribution in [-0.2, 0) is 9.53 Å². The third kappa shape index (κ3) is 4.12. The summed E-state index contributed by atoms with van der Waals surface area (Å²) in [5.74, 6) is 0.0710. The van der Waals surface area contributed by atoms with Gasteiger partial charge in [0.25, 0.3) is 0 Å². The number of carbonyl (C=O) groups excluding carboxylic acids is 2. The average molecular weight is 372 g/mol. The Labute approximate surface area is 150 Å². The van der Waals surface area contributed by atoms with Gasteiger partial charge in [-0.1, -0.05) is 23.2 Å². The van der Waals surface area contributed by atoms with E-state index < -0.39 is 0 Å². The van der Waals surface area contributed by atoms with E-state index in [0.29, 0.717) is 36.2 Å². The van der Waals surface area contributed by atoms with Crippen molar-refractivity contribution in [3.8, 4) is 0 Å². The second-order valence-corrected chi connectivity index (χ2v) is 6.88. The summed E-state index contributed by atoms with van der Waals surface area (Å²) in [5, 5.41) is 3.91. The molecular weight excluding hydrogens is 353 g/mol. The second kappa shape index (κ2) is 7.59. The number of hydrogen-bond acceptors (Lipinski definition) is 3. The maximum Gasteiger partial charge on any atom is 0.321 e. The third-order valence-corrected chi connectivity index (χ3v) is 4.71. The maximum absolute atomic E-state index is 12.7. The highest BCUT2D eigenvalue weighted by molar-refractivity contribution is 6.34. The molecule has 8 heteroatoms. The van der Waals surface area contributed by atoms with Gasteiger partial charge in [-0.3, -0.25) is 9.69 Å². The Morgan fingerprint density at radius 3 is 2.67 bits per heavy atom. The molecule has 2 fully saturated rings. The second-order valence-electron chi connectivity index (χ2n) is 6.01. The molecule has 0 radical (unpaired) electrons. The van der Waals surface area contributed by atoms with Crippen molar-refractivity contribution in [1.29, 1.82) is 0 Å². The lowest BCUT2D eigenvalue weighted by molar-refractivity contribution is -0.128. The van der Waals surface area contributed by atoms with E-state index in [2.05, 4.69) is 5.32 Å². The minimum atomic E-state index is -0.152. The predicted molar refractivity (Wildman–Crippen MR) is 91.3 cm³/mol. The molecule has 0 aromatic heterocycles. The predicted octanol–water partition coefficient (Wildman–Crippen LogP) is 2.31. The molecule has 1 unspecified atom stereocenters. The van der Waals surface area contributed by atoms with Crippen LogP contribution >= 0.6 is 23.2 Å². The number of halogens is 2. The quantitative estimate of drug-likeness (QED) is 0.823. The summed E-state index contributed by atoms with van der Waals surface area (Å²) in [5.41, 5.74) is 1.05. The fourth-order valence-electron chi connectivity index (χ4n) is 3.06. The zero-order valence-corrected chi connectivity index (χ0v) is 14.6. The van der Waals surface area contributed by atoms with E-state index in [9.17, 15) is 9.59 Å². The molecular formula is C16H19Cl2N3O3. The van der Waals surface area contributed by atoms with Crippen molar-refractivity contribution in [3.63, 3.8) is 0 Å². The molecule has 0 saturated carbocycles. The van der Waals surface area contributed by atoms with Gasteiger partial charge in [-0.05, 0) is 30.2 Å². The minimum Gasteiger partial charge on any atom is -0.352 e. The van der Waals surface area contributed by atoms with Crippen LogP contribution in [0.25, 0.3) is 0 Å². The normalized spacial score (nSPS) is 22.1. The van der Waals surface area contributed by atoms with Crippen molar-refractivity contribution in [2.75, 3.05) is 39.5 Å². The standard InChI is InChI=1S/C16H19Cl2N3O3/c17-13-5-12(6-14(18)7-13)11-1-3-20(8-11)16(23)21-4-2-19-15(22)9-24-10-21/h5-7,11H,1-4,8-10H2,(H,19,22). The summed E-state index contributed by atoms with van der Waals surface area (Å²) < 4.78 is 5.25. The first kappa shape index (κ1) is 17.3. The van der Waals surface area contributed by atoms with Crippen LogP contribution in [0.4, 0.5) is 4.79 Å². The fourth-order valence-corrected chi connectivity index (χ4v) is 3.61. The molecule has 1 aromatic rings. The van der Waals surface area contributed by atoms with Crippen LogP contribution in [0.15, 0.2) is 18.2 Å². The van der Waals surface area contributed by atoms with Crippen LogP contribution < -0.4 is 5.32 Å². The van der Waals surface area contributed by atoms with Gasteiger partial charge in [0, 0.05) is 42.1 Å². The van der Waals surface area contributed by atoms with E-state index in [-0.39, 0.29) is 31.2 Å². The van der Waals surface area contributed by atoms with Crippen LogP contribution in [0, 0.1) is 0 Å². The molecule has 24 heavy (non-hydrogen) atoms. The third-order valence-electron chi connectivity index (χ3n) is 4.27. The summed E-state index contributed by atoms with van der Waals surface area (Å²) in [4.78, 5) is 27.3. The number of ether oxygens (including phenoxy) is 1. The molecule has 0 bridgehead atoms.